The highest BCUT2D eigenvalue weighted by Crippen LogP contribution is 2.34. The van der Waals surface area contributed by atoms with Gasteiger partial charge in [0.25, 0.3) is 5.91 Å². The van der Waals surface area contributed by atoms with E-state index >= 15 is 0 Å². The van der Waals surface area contributed by atoms with E-state index in [9.17, 15) is 9.90 Å². The Kier molecular flexibility index (Phi) is 8.50. The number of nitrogens with one attached hydrogen (secondary N) is 1. The summed E-state index contributed by atoms with van der Waals surface area (Å²) in [7, 11) is 3.50. The summed E-state index contributed by atoms with van der Waals surface area (Å²) in [5.41, 5.74) is 8.31. The minimum absolute atomic E-state index is 0.0704. The number of aliphatic hydroxyl groups is 1. The van der Waals surface area contributed by atoms with Crippen LogP contribution in [0.25, 0.3) is 0 Å². The van der Waals surface area contributed by atoms with Crippen LogP contribution in [0.1, 0.15) is 32.6 Å². The molecule has 1 aromatic heterocycles. The number of aliphatic hydroxyl groups excluding tert-OH is 1. The van der Waals surface area contributed by atoms with Gasteiger partial charge in [0, 0.05) is 64.1 Å². The molecule has 1 atom stereocenters. The van der Waals surface area contributed by atoms with Crippen LogP contribution in [0, 0.1) is 0 Å². The van der Waals surface area contributed by atoms with Crippen molar-refractivity contribution in [3.05, 3.63) is 54.3 Å². The lowest BCUT2D eigenvalue weighted by Crippen LogP contribution is -2.50. The molecule has 0 radical (unpaired) electrons. The van der Waals surface area contributed by atoms with Gasteiger partial charge >= 0.3 is 0 Å². The van der Waals surface area contributed by atoms with Gasteiger partial charge in [0.05, 0.1) is 18.5 Å². The van der Waals surface area contributed by atoms with Crippen molar-refractivity contribution in [3.63, 3.8) is 0 Å². The van der Waals surface area contributed by atoms with Crippen molar-refractivity contribution in [3.8, 4) is 0 Å². The highest BCUT2D eigenvalue weighted by Gasteiger charge is 2.37. The number of aliphatic imine (C=N–C) groups is 1. The molecule has 1 unspecified atom stereocenters. The Bertz CT molecular complexity index is 1060. The maximum absolute atomic E-state index is 13.0. The number of likely N-dealkylation sites (N-methyl/N-ethyl adjacent to an activating group) is 1. The molecule has 2 fully saturated rings. The van der Waals surface area contributed by atoms with Gasteiger partial charge in [0.1, 0.15) is 23.2 Å². The highest BCUT2D eigenvalue weighted by molar-refractivity contribution is 6.12. The first-order chi connectivity index (χ1) is 17.8. The number of amidine groups is 1. The molecule has 0 bridgehead atoms. The number of anilines is 2. The second-order valence-corrected chi connectivity index (χ2v) is 10.1. The Balaban J connectivity index is 1.45. The van der Waals surface area contributed by atoms with E-state index in [0.717, 1.165) is 57.5 Å². The van der Waals surface area contributed by atoms with Gasteiger partial charge in [-0.1, -0.05) is 19.4 Å². The van der Waals surface area contributed by atoms with Crippen LogP contribution in [0.4, 0.5) is 11.5 Å². The number of hydrogen-bond acceptors (Lipinski definition) is 8. The fourth-order valence-electron chi connectivity index (χ4n) is 5.19. The Morgan fingerprint density at radius 3 is 2.57 bits per heavy atom. The third kappa shape index (κ3) is 5.97. The van der Waals surface area contributed by atoms with Crippen LogP contribution in [-0.4, -0.2) is 95.5 Å². The molecule has 10 nitrogen and oxygen atoms in total. The Morgan fingerprint density at radius 2 is 2.00 bits per heavy atom. The van der Waals surface area contributed by atoms with Gasteiger partial charge < -0.3 is 30.9 Å². The summed E-state index contributed by atoms with van der Waals surface area (Å²) in [6.45, 7) is 9.95. The number of nitrogens with zero attached hydrogens (tertiary/aromatic N) is 6. The first-order valence-electron chi connectivity index (χ1n) is 13.1. The molecule has 4 rings (SSSR count). The molecule has 1 saturated carbocycles. The van der Waals surface area contributed by atoms with Gasteiger partial charge in [-0.2, -0.15) is 0 Å². The third-order valence-corrected chi connectivity index (χ3v) is 7.36. The molecule has 0 aromatic carbocycles. The number of aromatic nitrogens is 1. The lowest BCUT2D eigenvalue weighted by molar-refractivity contribution is -0.126. The number of nitrogens with two attached hydrogens (primary N) is 1. The van der Waals surface area contributed by atoms with Crippen molar-refractivity contribution in [2.24, 2.45) is 10.7 Å². The first kappa shape index (κ1) is 26.7. The van der Waals surface area contributed by atoms with Crippen molar-refractivity contribution >= 4 is 23.2 Å². The molecule has 37 heavy (non-hydrogen) atoms. The van der Waals surface area contributed by atoms with Gasteiger partial charge in [0.15, 0.2) is 0 Å². The molecule has 2 aliphatic heterocycles. The van der Waals surface area contributed by atoms with E-state index in [1.165, 1.54) is 6.20 Å². The highest BCUT2D eigenvalue weighted by atomic mass is 16.3. The van der Waals surface area contributed by atoms with Crippen LogP contribution in [0.5, 0.6) is 0 Å². The third-order valence-electron chi connectivity index (χ3n) is 7.36. The van der Waals surface area contributed by atoms with E-state index in [-0.39, 0.29) is 24.6 Å². The van der Waals surface area contributed by atoms with Crippen LogP contribution in [0.3, 0.4) is 0 Å². The topological polar surface area (TPSA) is 114 Å². The number of hydrogen-bond donors (Lipinski definition) is 3. The average molecular weight is 509 g/mol. The largest absolute Gasteiger partial charge is 0.404 e. The summed E-state index contributed by atoms with van der Waals surface area (Å²) >= 11 is 0. The number of piperazine rings is 1. The monoisotopic (exact) mass is 508 g/mol. The lowest BCUT2D eigenvalue weighted by atomic mass is 10.2. The number of rotatable bonds is 8. The van der Waals surface area contributed by atoms with Crippen LogP contribution in [-0.2, 0) is 4.79 Å². The van der Waals surface area contributed by atoms with Gasteiger partial charge in [-0.05, 0) is 38.0 Å². The number of carbonyl (C=O) groups excluding carboxylic acids is 1. The van der Waals surface area contributed by atoms with Crippen LogP contribution in [0.2, 0.25) is 0 Å². The SMILES string of the molecule is C=C(/N=C1\C(=C/N)C=C(C(=O)N(C)C)N1C1CCCC1)Nc1ccc(N2CCN(C(C)CO)CC2)cn1. The van der Waals surface area contributed by atoms with E-state index in [1.807, 2.05) is 29.3 Å². The van der Waals surface area contributed by atoms with Crippen LogP contribution in [0.15, 0.2) is 59.3 Å². The zero-order valence-corrected chi connectivity index (χ0v) is 22.2. The summed E-state index contributed by atoms with van der Waals surface area (Å²) < 4.78 is 0. The summed E-state index contributed by atoms with van der Waals surface area (Å²) in [5, 5.41) is 12.6. The molecule has 1 aliphatic carbocycles. The number of amides is 1. The second kappa shape index (κ2) is 11.8. The zero-order chi connectivity index (χ0) is 26.5. The fraction of sp³-hybridized carbons (Fsp3) is 0.519. The number of carbonyl (C=O) groups is 1. The summed E-state index contributed by atoms with van der Waals surface area (Å²) in [5.74, 6) is 1.64. The maximum atomic E-state index is 13.0. The van der Waals surface area contributed by atoms with E-state index in [2.05, 4.69) is 33.6 Å². The van der Waals surface area contributed by atoms with Gasteiger partial charge in [-0.15, -0.1) is 0 Å². The molecule has 4 N–H and O–H groups in total. The predicted octanol–water partition coefficient (Wildman–Crippen LogP) is 1.94. The van der Waals surface area contributed by atoms with Crippen LogP contribution < -0.4 is 16.0 Å². The normalized spacial score (nSPS) is 22.0. The van der Waals surface area contributed by atoms with Gasteiger partial charge in [-0.3, -0.25) is 9.69 Å². The van der Waals surface area contributed by atoms with E-state index in [4.69, 9.17) is 10.7 Å². The predicted molar refractivity (Wildman–Crippen MR) is 148 cm³/mol. The van der Waals surface area contributed by atoms with Crippen molar-refractivity contribution in [1.29, 1.82) is 0 Å². The zero-order valence-electron chi connectivity index (χ0n) is 22.2. The standard InChI is InChI=1S/C27H40N8O2/c1-19(18-36)33-11-13-34(14-12-33)23-9-10-25(29-17-23)30-20(2)31-26-21(16-28)15-24(27(37)32(3)4)35(26)22-7-5-6-8-22/h9-10,15-17,19,22,36H,2,5-8,11-14,18,28H2,1,3-4H3,(H,29,30)/b21-16-,31-26+. The fourth-order valence-corrected chi connectivity index (χ4v) is 5.19. The Morgan fingerprint density at radius 1 is 1.30 bits per heavy atom. The maximum Gasteiger partial charge on any atom is 0.270 e. The quantitative estimate of drug-likeness (QED) is 0.488. The Labute approximate surface area is 219 Å². The summed E-state index contributed by atoms with van der Waals surface area (Å²) in [6, 6.07) is 4.36. The van der Waals surface area contributed by atoms with E-state index in [1.54, 1.807) is 19.0 Å². The average Bonchev–Trinajstić information content (AvgIpc) is 3.56. The van der Waals surface area contributed by atoms with Crippen molar-refractivity contribution in [2.75, 3.05) is 57.1 Å². The van der Waals surface area contributed by atoms with Crippen LogP contribution >= 0.6 is 0 Å². The number of pyridine rings is 1. The smallest absolute Gasteiger partial charge is 0.270 e. The molecular weight excluding hydrogens is 468 g/mol. The first-order valence-corrected chi connectivity index (χ1v) is 13.1. The van der Waals surface area contributed by atoms with Crippen molar-refractivity contribution in [2.45, 2.75) is 44.7 Å². The molecule has 3 aliphatic rings. The lowest BCUT2D eigenvalue weighted by Gasteiger charge is -2.38. The molecule has 1 aromatic rings. The van der Waals surface area contributed by atoms with E-state index in [0.29, 0.717) is 28.7 Å². The van der Waals surface area contributed by atoms with Gasteiger partial charge in [0.2, 0.25) is 0 Å². The molecule has 0 spiro atoms. The molecule has 200 valence electrons. The van der Waals surface area contributed by atoms with Crippen molar-refractivity contribution < 1.29 is 9.90 Å². The minimum atomic E-state index is -0.0704. The van der Waals surface area contributed by atoms with E-state index < -0.39 is 0 Å². The molecule has 1 saturated heterocycles. The molecule has 10 heteroatoms. The van der Waals surface area contributed by atoms with Gasteiger partial charge in [-0.25, -0.2) is 9.98 Å². The minimum Gasteiger partial charge on any atom is -0.404 e. The molecule has 1 amide bonds. The molecule has 3 heterocycles. The second-order valence-electron chi connectivity index (χ2n) is 10.1. The van der Waals surface area contributed by atoms with Crippen molar-refractivity contribution in [1.82, 2.24) is 19.7 Å². The Hall–Kier alpha value is -3.37. The summed E-state index contributed by atoms with van der Waals surface area (Å²) in [4.78, 5) is 30.5. The molecular formula is C27H40N8O2. The summed E-state index contributed by atoms with van der Waals surface area (Å²) in [6.07, 6.45) is 9.44.